The highest BCUT2D eigenvalue weighted by atomic mass is 35.5. The molecule has 0 bridgehead atoms. The van der Waals surface area contributed by atoms with E-state index in [1.54, 1.807) is 12.1 Å². The minimum absolute atomic E-state index is 0.00811. The average molecular weight is 461 g/mol. The third kappa shape index (κ3) is 4.97. The first-order valence-electron chi connectivity index (χ1n) is 11.0. The van der Waals surface area contributed by atoms with Crippen molar-refractivity contribution < 1.29 is 13.2 Å². The molecule has 4 rings (SSSR count). The Kier molecular flexibility index (Phi) is 6.70. The maximum absolute atomic E-state index is 12.8. The molecule has 2 aromatic rings. The first-order chi connectivity index (χ1) is 14.8. The lowest BCUT2D eigenvalue weighted by molar-refractivity contribution is -0.126. The minimum atomic E-state index is -3.56. The van der Waals surface area contributed by atoms with Gasteiger partial charge in [-0.15, -0.1) is 0 Å². The molecule has 1 aliphatic carbocycles. The van der Waals surface area contributed by atoms with Crippen LogP contribution in [0.3, 0.4) is 0 Å². The van der Waals surface area contributed by atoms with Crippen molar-refractivity contribution in [1.29, 1.82) is 0 Å². The monoisotopic (exact) mass is 460 g/mol. The Bertz CT molecular complexity index is 1040. The summed E-state index contributed by atoms with van der Waals surface area (Å²) < 4.78 is 27.1. The predicted octanol–water partition coefficient (Wildman–Crippen LogP) is 4.50. The lowest BCUT2D eigenvalue weighted by Crippen LogP contribution is -2.43. The molecule has 1 amide bonds. The summed E-state index contributed by atoms with van der Waals surface area (Å²) >= 11 is 5.87. The number of halogens is 1. The molecule has 31 heavy (non-hydrogen) atoms. The van der Waals surface area contributed by atoms with Crippen LogP contribution < -0.4 is 5.32 Å². The molecule has 1 aliphatic heterocycles. The van der Waals surface area contributed by atoms with Gasteiger partial charge >= 0.3 is 0 Å². The van der Waals surface area contributed by atoms with Gasteiger partial charge in [0.05, 0.1) is 10.9 Å². The summed E-state index contributed by atoms with van der Waals surface area (Å²) in [6.07, 6.45) is 5.79. The quantitative estimate of drug-likeness (QED) is 0.714. The Morgan fingerprint density at radius 2 is 1.68 bits per heavy atom. The lowest BCUT2D eigenvalue weighted by Gasteiger charge is -2.31. The highest BCUT2D eigenvalue weighted by Crippen LogP contribution is 2.27. The zero-order valence-corrected chi connectivity index (χ0v) is 19.4. The third-order valence-corrected chi connectivity index (χ3v) is 8.67. The largest absolute Gasteiger partial charge is 0.349 e. The van der Waals surface area contributed by atoms with Crippen molar-refractivity contribution in [3.05, 3.63) is 64.2 Å². The second kappa shape index (κ2) is 9.31. The summed E-state index contributed by atoms with van der Waals surface area (Å²) in [6.45, 7) is 2.70. The molecule has 0 radical (unpaired) electrons. The second-order valence-corrected chi connectivity index (χ2v) is 11.0. The van der Waals surface area contributed by atoms with Crippen LogP contribution in [0.1, 0.15) is 55.3 Å². The molecule has 166 valence electrons. The molecule has 1 fully saturated rings. The highest BCUT2D eigenvalue weighted by molar-refractivity contribution is 7.89. The number of fused-ring (bicyclic) bond motifs is 1. The molecular weight excluding hydrogens is 432 g/mol. The van der Waals surface area contributed by atoms with Crippen molar-refractivity contribution >= 4 is 27.5 Å². The third-order valence-electron chi connectivity index (χ3n) is 6.51. The molecule has 1 heterocycles. The SMILES string of the molecule is C[C@@H](NC(=O)C1CCN(S(=O)(=O)c2ccc(Cl)cc2)CC1)c1ccc2c(c1)CCCC2. The Morgan fingerprint density at radius 3 is 2.35 bits per heavy atom. The van der Waals surface area contributed by atoms with Crippen molar-refractivity contribution in [3.8, 4) is 0 Å². The summed E-state index contributed by atoms with van der Waals surface area (Å²) in [6, 6.07) is 12.7. The smallest absolute Gasteiger partial charge is 0.243 e. The number of nitrogens with one attached hydrogen (secondary N) is 1. The summed E-state index contributed by atoms with van der Waals surface area (Å²) in [5.74, 6) is -0.162. The summed E-state index contributed by atoms with van der Waals surface area (Å²) in [4.78, 5) is 13.1. The maximum atomic E-state index is 12.8. The van der Waals surface area contributed by atoms with E-state index in [0.717, 1.165) is 18.4 Å². The molecule has 0 unspecified atom stereocenters. The fourth-order valence-electron chi connectivity index (χ4n) is 4.55. The molecule has 0 saturated carbocycles. The number of rotatable bonds is 5. The molecule has 1 atom stereocenters. The number of aryl methyl sites for hydroxylation is 2. The van der Waals surface area contributed by atoms with E-state index in [0.29, 0.717) is 31.0 Å². The van der Waals surface area contributed by atoms with E-state index in [9.17, 15) is 13.2 Å². The standard InChI is InChI=1S/C24H29ClN2O3S/c1-17(20-7-6-18-4-2-3-5-21(18)16-20)26-24(28)19-12-14-27(15-13-19)31(29,30)23-10-8-22(25)9-11-23/h6-11,16-17,19H,2-5,12-15H2,1H3,(H,26,28)/t17-/m1/s1. The number of amides is 1. The van der Waals surface area contributed by atoms with Crippen LogP contribution in [0.2, 0.25) is 5.02 Å². The second-order valence-electron chi connectivity index (χ2n) is 8.60. The molecule has 0 aromatic heterocycles. The summed E-state index contributed by atoms with van der Waals surface area (Å²) in [7, 11) is -3.56. The van der Waals surface area contributed by atoms with Crippen molar-refractivity contribution in [3.63, 3.8) is 0 Å². The van der Waals surface area contributed by atoms with E-state index in [-0.39, 0.29) is 22.8 Å². The maximum Gasteiger partial charge on any atom is 0.243 e. The van der Waals surface area contributed by atoms with Gasteiger partial charge in [-0.2, -0.15) is 4.31 Å². The number of hydrogen-bond donors (Lipinski definition) is 1. The van der Waals surface area contributed by atoms with Crippen LogP contribution in [-0.4, -0.2) is 31.7 Å². The number of carbonyl (C=O) groups excluding carboxylic acids is 1. The molecule has 7 heteroatoms. The Labute approximate surface area is 189 Å². The lowest BCUT2D eigenvalue weighted by atomic mass is 9.89. The molecular formula is C24H29ClN2O3S. The minimum Gasteiger partial charge on any atom is -0.349 e. The Hall–Kier alpha value is -1.89. The van der Waals surface area contributed by atoms with Gasteiger partial charge in [0, 0.05) is 24.0 Å². The van der Waals surface area contributed by atoms with Crippen molar-refractivity contribution in [2.45, 2.75) is 56.4 Å². The fourth-order valence-corrected chi connectivity index (χ4v) is 6.15. The van der Waals surface area contributed by atoms with Gasteiger partial charge in [-0.3, -0.25) is 4.79 Å². The average Bonchev–Trinajstić information content (AvgIpc) is 2.79. The van der Waals surface area contributed by atoms with Gasteiger partial charge in [-0.25, -0.2) is 8.42 Å². The summed E-state index contributed by atoms with van der Waals surface area (Å²) in [5.41, 5.74) is 3.98. The normalized spacial score (nSPS) is 18.9. The highest BCUT2D eigenvalue weighted by Gasteiger charge is 2.32. The van der Waals surface area contributed by atoms with Crippen LogP contribution in [-0.2, 0) is 27.7 Å². The number of hydrogen-bond acceptors (Lipinski definition) is 3. The van der Waals surface area contributed by atoms with Gasteiger partial charge in [0.1, 0.15) is 0 Å². The molecule has 1 N–H and O–H groups in total. The number of piperidine rings is 1. The Morgan fingerprint density at radius 1 is 1.03 bits per heavy atom. The molecule has 5 nitrogen and oxygen atoms in total. The number of benzene rings is 2. The number of nitrogens with zero attached hydrogens (tertiary/aromatic N) is 1. The van der Waals surface area contributed by atoms with Crippen LogP contribution in [0.15, 0.2) is 47.4 Å². The van der Waals surface area contributed by atoms with Crippen LogP contribution in [0.5, 0.6) is 0 Å². The van der Waals surface area contributed by atoms with E-state index < -0.39 is 10.0 Å². The molecule has 2 aromatic carbocycles. The van der Waals surface area contributed by atoms with Crippen LogP contribution in [0.4, 0.5) is 0 Å². The van der Waals surface area contributed by atoms with Gasteiger partial charge in [0.2, 0.25) is 15.9 Å². The van der Waals surface area contributed by atoms with E-state index in [1.165, 1.54) is 40.4 Å². The van der Waals surface area contributed by atoms with E-state index in [2.05, 4.69) is 23.5 Å². The van der Waals surface area contributed by atoms with E-state index >= 15 is 0 Å². The Balaban J connectivity index is 1.34. The van der Waals surface area contributed by atoms with Gasteiger partial charge in [-0.05, 0) is 86.4 Å². The van der Waals surface area contributed by atoms with Crippen molar-refractivity contribution in [1.82, 2.24) is 9.62 Å². The summed E-state index contributed by atoms with van der Waals surface area (Å²) in [5, 5.41) is 3.64. The predicted molar refractivity (Wildman–Crippen MR) is 123 cm³/mol. The number of sulfonamides is 1. The zero-order chi connectivity index (χ0) is 22.0. The van der Waals surface area contributed by atoms with Crippen LogP contribution in [0, 0.1) is 5.92 Å². The topological polar surface area (TPSA) is 66.5 Å². The first kappa shape index (κ1) is 22.3. The van der Waals surface area contributed by atoms with Gasteiger partial charge < -0.3 is 5.32 Å². The van der Waals surface area contributed by atoms with Gasteiger partial charge in [0.15, 0.2) is 0 Å². The molecule has 0 spiro atoms. The number of carbonyl (C=O) groups is 1. The van der Waals surface area contributed by atoms with Gasteiger partial charge in [0.25, 0.3) is 0 Å². The van der Waals surface area contributed by atoms with Crippen LogP contribution >= 0.6 is 11.6 Å². The zero-order valence-electron chi connectivity index (χ0n) is 17.8. The van der Waals surface area contributed by atoms with E-state index in [1.807, 2.05) is 6.92 Å². The van der Waals surface area contributed by atoms with Crippen molar-refractivity contribution in [2.75, 3.05) is 13.1 Å². The van der Waals surface area contributed by atoms with E-state index in [4.69, 9.17) is 11.6 Å². The fraction of sp³-hybridized carbons (Fsp3) is 0.458. The van der Waals surface area contributed by atoms with Crippen LogP contribution in [0.25, 0.3) is 0 Å². The first-order valence-corrected chi connectivity index (χ1v) is 12.8. The molecule has 2 aliphatic rings. The van der Waals surface area contributed by atoms with Crippen molar-refractivity contribution in [2.24, 2.45) is 5.92 Å². The molecule has 1 saturated heterocycles. The van der Waals surface area contributed by atoms with Gasteiger partial charge in [-0.1, -0.05) is 29.8 Å².